The van der Waals surface area contributed by atoms with Gasteiger partial charge < -0.3 is 20.3 Å². The van der Waals surface area contributed by atoms with E-state index in [1.54, 1.807) is 0 Å². The summed E-state index contributed by atoms with van der Waals surface area (Å²) in [6, 6.07) is -0.539. The molecule has 1 amide bonds. The maximum atomic E-state index is 12.5. The Hall–Kier alpha value is -1.92. The summed E-state index contributed by atoms with van der Waals surface area (Å²) in [4.78, 5) is 24.7. The molecule has 0 radical (unpaired) electrons. The van der Waals surface area contributed by atoms with Crippen LogP contribution in [-0.2, 0) is 14.3 Å². The zero-order valence-corrected chi connectivity index (χ0v) is 59.7. The summed E-state index contributed by atoms with van der Waals surface area (Å²) >= 11 is 0. The van der Waals surface area contributed by atoms with Crippen molar-refractivity contribution in [2.45, 2.75) is 463 Å². The molecule has 0 bridgehead atoms. The summed E-state index contributed by atoms with van der Waals surface area (Å²) < 4.78 is 5.51. The van der Waals surface area contributed by atoms with Crippen molar-refractivity contribution < 1.29 is 24.5 Å². The number of amides is 1. The van der Waals surface area contributed by atoms with E-state index in [-0.39, 0.29) is 18.5 Å². The first kappa shape index (κ1) is 86.1. The Kier molecular flexibility index (Phi) is 75.8. The third-order valence-electron chi connectivity index (χ3n) is 18.9. The summed E-state index contributed by atoms with van der Waals surface area (Å²) in [6.45, 7) is 4.98. The van der Waals surface area contributed by atoms with Crippen LogP contribution in [0.5, 0.6) is 0 Å². The van der Waals surface area contributed by atoms with Gasteiger partial charge in [0, 0.05) is 12.8 Å². The number of hydrogen-bond donors (Lipinski definition) is 3. The molecule has 520 valence electrons. The molecule has 0 aromatic heterocycles. The number of carbonyl (C=O) groups is 2. The molecule has 0 aromatic rings. The van der Waals surface area contributed by atoms with Gasteiger partial charge >= 0.3 is 5.97 Å². The van der Waals surface area contributed by atoms with Crippen molar-refractivity contribution in [2.75, 3.05) is 13.2 Å². The summed E-state index contributed by atoms with van der Waals surface area (Å²) in [5.74, 6) is -0.0135. The van der Waals surface area contributed by atoms with E-state index in [1.165, 1.54) is 366 Å². The summed E-state index contributed by atoms with van der Waals surface area (Å²) in [5, 5.41) is 23.4. The molecule has 3 N–H and O–H groups in total. The van der Waals surface area contributed by atoms with Gasteiger partial charge in [0.2, 0.25) is 5.91 Å². The lowest BCUT2D eigenvalue weighted by atomic mass is 10.0. The van der Waals surface area contributed by atoms with Gasteiger partial charge in [-0.3, -0.25) is 9.59 Å². The second-order valence-corrected chi connectivity index (χ2v) is 27.7. The predicted octanol–water partition coefficient (Wildman–Crippen LogP) is 26.6. The molecule has 0 aliphatic rings. The molecule has 0 fully saturated rings. The van der Waals surface area contributed by atoms with Crippen molar-refractivity contribution in [1.82, 2.24) is 5.32 Å². The second-order valence-electron chi connectivity index (χ2n) is 27.7. The minimum atomic E-state index is -0.662. The van der Waals surface area contributed by atoms with Crippen molar-refractivity contribution in [3.8, 4) is 0 Å². The average molecular weight is 1240 g/mol. The van der Waals surface area contributed by atoms with Crippen LogP contribution in [0, 0.1) is 0 Å². The van der Waals surface area contributed by atoms with Crippen LogP contribution >= 0.6 is 0 Å². The maximum absolute atomic E-state index is 12.5. The zero-order valence-electron chi connectivity index (χ0n) is 59.7. The fourth-order valence-electron chi connectivity index (χ4n) is 12.8. The molecule has 0 aliphatic carbocycles. The molecule has 0 saturated carbocycles. The van der Waals surface area contributed by atoms with E-state index >= 15 is 0 Å². The Bertz CT molecular complexity index is 1430. The number of hydrogen-bond acceptors (Lipinski definition) is 5. The number of esters is 1. The number of allylic oxidation sites excluding steroid dienone is 6. The van der Waals surface area contributed by atoms with Crippen molar-refractivity contribution in [1.29, 1.82) is 0 Å². The van der Waals surface area contributed by atoms with E-state index in [0.29, 0.717) is 25.9 Å². The van der Waals surface area contributed by atoms with E-state index < -0.39 is 12.1 Å². The van der Waals surface area contributed by atoms with Crippen LogP contribution in [0.4, 0.5) is 0 Å². The molecule has 0 saturated heterocycles. The fraction of sp³-hybridized carbons (Fsp3) is 0.902. The number of carbonyl (C=O) groups excluding carboxylic acids is 2. The number of rotatable bonds is 76. The molecule has 0 rings (SSSR count). The van der Waals surface area contributed by atoms with Crippen molar-refractivity contribution in [2.24, 2.45) is 0 Å². The lowest BCUT2D eigenvalue weighted by Crippen LogP contribution is -2.45. The molecule has 6 heteroatoms. The van der Waals surface area contributed by atoms with Gasteiger partial charge in [-0.1, -0.05) is 391 Å². The Morgan fingerprint density at radius 3 is 0.886 bits per heavy atom. The third-order valence-corrected chi connectivity index (χ3v) is 18.9. The van der Waals surface area contributed by atoms with Crippen LogP contribution in [0.15, 0.2) is 36.5 Å². The van der Waals surface area contributed by atoms with E-state index in [2.05, 4.69) is 55.6 Å². The van der Waals surface area contributed by atoms with Gasteiger partial charge in [-0.2, -0.15) is 0 Å². The predicted molar refractivity (Wildman–Crippen MR) is 389 cm³/mol. The molecule has 88 heavy (non-hydrogen) atoms. The normalized spacial score (nSPS) is 12.6. The van der Waals surface area contributed by atoms with Crippen LogP contribution in [-0.4, -0.2) is 47.4 Å². The fourth-order valence-corrected chi connectivity index (χ4v) is 12.8. The van der Waals surface area contributed by atoms with E-state index in [0.717, 1.165) is 51.4 Å². The molecule has 6 nitrogen and oxygen atoms in total. The molecule has 0 spiro atoms. The Labute approximate surface area is 551 Å². The Morgan fingerprint density at radius 2 is 0.568 bits per heavy atom. The number of unbranched alkanes of at least 4 members (excludes halogenated alkanes) is 59. The highest BCUT2D eigenvalue weighted by Gasteiger charge is 2.20. The molecule has 0 heterocycles. The van der Waals surface area contributed by atoms with E-state index in [9.17, 15) is 19.8 Å². The first-order valence-electron chi connectivity index (χ1n) is 40.2. The smallest absolute Gasteiger partial charge is 0.305 e. The number of ether oxygens (including phenoxy) is 1. The van der Waals surface area contributed by atoms with Crippen molar-refractivity contribution >= 4 is 11.9 Å². The third kappa shape index (κ3) is 73.1. The number of aliphatic hydroxyl groups excluding tert-OH is 2. The summed E-state index contributed by atoms with van der Waals surface area (Å²) in [7, 11) is 0. The monoisotopic (exact) mass is 1240 g/mol. The standard InChI is InChI=1S/C82H157NO5/c1-3-5-7-9-11-13-15-17-19-21-42-46-50-54-58-62-66-70-74-80(85)79(78-84)83-81(86)75-71-67-63-59-55-51-47-43-40-38-36-34-32-30-28-26-24-23-25-27-29-31-33-35-37-39-41-45-49-53-57-61-65-69-73-77-88-82(87)76-72-68-64-60-56-52-48-44-22-20-18-16-14-12-10-8-6-4-2/h14,16,20,22,25,27,79-80,84-85H,3-13,15,17-19,21,23-24,26,28-78H2,1-2H3,(H,83,86)/b16-14-,22-20-,27-25-. The first-order valence-corrected chi connectivity index (χ1v) is 40.2. The van der Waals surface area contributed by atoms with E-state index in [4.69, 9.17) is 4.74 Å². The van der Waals surface area contributed by atoms with E-state index in [1.807, 2.05) is 0 Å². The van der Waals surface area contributed by atoms with Gasteiger partial charge in [0.15, 0.2) is 0 Å². The van der Waals surface area contributed by atoms with Crippen LogP contribution in [0.3, 0.4) is 0 Å². The van der Waals surface area contributed by atoms with Gasteiger partial charge in [-0.05, 0) is 83.5 Å². The van der Waals surface area contributed by atoms with Gasteiger partial charge in [-0.15, -0.1) is 0 Å². The topological polar surface area (TPSA) is 95.9 Å². The molecular formula is C82H157NO5. The molecule has 2 atom stereocenters. The highest BCUT2D eigenvalue weighted by molar-refractivity contribution is 5.76. The summed E-state index contributed by atoms with van der Waals surface area (Å²) in [6.07, 6.45) is 101. The lowest BCUT2D eigenvalue weighted by molar-refractivity contribution is -0.143. The number of nitrogens with one attached hydrogen (secondary N) is 1. The number of aliphatic hydroxyl groups is 2. The highest BCUT2D eigenvalue weighted by Crippen LogP contribution is 2.20. The van der Waals surface area contributed by atoms with Crippen molar-refractivity contribution in [3.05, 3.63) is 36.5 Å². The maximum Gasteiger partial charge on any atom is 0.305 e. The van der Waals surface area contributed by atoms with Crippen LogP contribution in [0.25, 0.3) is 0 Å². The molecular weight excluding hydrogens is 1080 g/mol. The van der Waals surface area contributed by atoms with Crippen molar-refractivity contribution in [3.63, 3.8) is 0 Å². The molecule has 2 unspecified atom stereocenters. The van der Waals surface area contributed by atoms with Crippen LogP contribution in [0.1, 0.15) is 450 Å². The Morgan fingerprint density at radius 1 is 0.318 bits per heavy atom. The molecule has 0 aromatic carbocycles. The van der Waals surface area contributed by atoms with Crippen LogP contribution < -0.4 is 5.32 Å². The van der Waals surface area contributed by atoms with Gasteiger partial charge in [-0.25, -0.2) is 0 Å². The average Bonchev–Trinajstić information content (AvgIpc) is 3.58. The summed E-state index contributed by atoms with van der Waals surface area (Å²) in [5.41, 5.74) is 0. The minimum Gasteiger partial charge on any atom is -0.466 e. The van der Waals surface area contributed by atoms with Gasteiger partial charge in [0.05, 0.1) is 25.4 Å². The highest BCUT2D eigenvalue weighted by atomic mass is 16.5. The second kappa shape index (κ2) is 77.5. The zero-order chi connectivity index (χ0) is 63.5. The van der Waals surface area contributed by atoms with Gasteiger partial charge in [0.1, 0.15) is 0 Å². The molecule has 0 aliphatic heterocycles. The lowest BCUT2D eigenvalue weighted by Gasteiger charge is -2.22. The quantitative estimate of drug-likeness (QED) is 0.0320. The minimum absolute atomic E-state index is 0.0136. The first-order chi connectivity index (χ1) is 43.5. The van der Waals surface area contributed by atoms with Crippen LogP contribution in [0.2, 0.25) is 0 Å². The Balaban J connectivity index is 3.34. The SMILES string of the molecule is CCCCCC/C=C\C/C=C\CCCCCCCCCC(=O)OCCCCCCCCCCCCCCCC/C=C\CCCCCCCCCCCCCCCCCCCC(=O)NC(CO)C(O)CCCCCCCCCCCCCCCCCCCC. The largest absolute Gasteiger partial charge is 0.466 e. The van der Waals surface area contributed by atoms with Gasteiger partial charge in [0.25, 0.3) is 0 Å².